The predicted octanol–water partition coefficient (Wildman–Crippen LogP) is 5.09. The lowest BCUT2D eigenvalue weighted by Gasteiger charge is -2.36. The molecule has 2 aromatic carbocycles. The maximum atomic E-state index is 12.0. The van der Waals surface area contributed by atoms with E-state index in [4.69, 9.17) is 4.98 Å². The van der Waals surface area contributed by atoms with Gasteiger partial charge in [-0.2, -0.15) is 0 Å². The van der Waals surface area contributed by atoms with Crippen molar-refractivity contribution in [3.8, 4) is 22.4 Å². The second-order valence-electron chi connectivity index (χ2n) is 10.2. The van der Waals surface area contributed by atoms with E-state index >= 15 is 0 Å². The van der Waals surface area contributed by atoms with Crippen LogP contribution >= 0.6 is 0 Å². The van der Waals surface area contributed by atoms with E-state index in [2.05, 4.69) is 58.5 Å². The van der Waals surface area contributed by atoms with E-state index in [0.29, 0.717) is 10.8 Å². The average molecular weight is 503 g/mol. The lowest BCUT2D eigenvalue weighted by Crippen LogP contribution is -2.47. The van der Waals surface area contributed by atoms with E-state index in [9.17, 15) is 8.42 Å². The van der Waals surface area contributed by atoms with Crippen LogP contribution in [0, 0.1) is 5.92 Å². The number of benzene rings is 2. The Hall–Kier alpha value is -3.16. The molecular formula is C29H34N4O2S. The molecule has 5 rings (SSSR count). The van der Waals surface area contributed by atoms with E-state index in [1.165, 1.54) is 11.9 Å². The molecule has 0 radical (unpaired) electrons. The zero-order valence-corrected chi connectivity index (χ0v) is 22.3. The van der Waals surface area contributed by atoms with Crippen LogP contribution in [-0.2, 0) is 16.9 Å². The largest absolute Gasteiger partial charge is 0.369 e. The van der Waals surface area contributed by atoms with Crippen LogP contribution in [0.4, 0.5) is 5.69 Å². The maximum absolute atomic E-state index is 12.0. The van der Waals surface area contributed by atoms with Crippen LogP contribution in [0.15, 0.2) is 71.8 Å². The molecule has 0 spiro atoms. The number of hydrogen-bond acceptors (Lipinski definition) is 5. The zero-order valence-electron chi connectivity index (χ0n) is 21.5. The van der Waals surface area contributed by atoms with Gasteiger partial charge >= 0.3 is 0 Å². The molecule has 4 aromatic rings. The number of hydrogen-bond donors (Lipinski definition) is 0. The van der Waals surface area contributed by atoms with Gasteiger partial charge in [0.05, 0.1) is 21.6 Å². The molecule has 0 unspecified atom stereocenters. The summed E-state index contributed by atoms with van der Waals surface area (Å²) in [5.74, 6) is 0.696. The fourth-order valence-electron chi connectivity index (χ4n) is 5.28. The standard InChI is InChI=1S/C29H34N4O2S/c1-21(2)20-32-16-18-33(19-17-32)24-11-7-22(8-12-24)27-28-26(6-5-15-30-28)31(3)29(27)23-9-13-25(14-10-23)36(4,34)35/h5-15,21H,16-20H2,1-4H3. The molecule has 1 saturated heterocycles. The molecule has 0 aliphatic carbocycles. The molecule has 1 aliphatic rings. The highest BCUT2D eigenvalue weighted by Gasteiger charge is 2.21. The van der Waals surface area contributed by atoms with Crippen molar-refractivity contribution in [2.45, 2.75) is 18.7 Å². The van der Waals surface area contributed by atoms with Crippen molar-refractivity contribution in [1.29, 1.82) is 0 Å². The maximum Gasteiger partial charge on any atom is 0.175 e. The Morgan fingerprint density at radius 3 is 2.14 bits per heavy atom. The molecule has 1 aliphatic heterocycles. The molecule has 188 valence electrons. The zero-order chi connectivity index (χ0) is 25.4. The predicted molar refractivity (Wildman–Crippen MR) is 148 cm³/mol. The molecular weight excluding hydrogens is 468 g/mol. The number of fused-ring (bicyclic) bond motifs is 1. The molecule has 0 N–H and O–H groups in total. The summed E-state index contributed by atoms with van der Waals surface area (Å²) in [6.45, 7) is 10.00. The highest BCUT2D eigenvalue weighted by molar-refractivity contribution is 7.90. The van der Waals surface area contributed by atoms with Gasteiger partial charge in [-0.1, -0.05) is 38.1 Å². The highest BCUT2D eigenvalue weighted by Crippen LogP contribution is 2.40. The molecule has 7 heteroatoms. The number of aryl methyl sites for hydroxylation is 1. The van der Waals surface area contributed by atoms with Crippen LogP contribution < -0.4 is 4.90 Å². The Labute approximate surface area is 214 Å². The molecule has 0 amide bonds. The van der Waals surface area contributed by atoms with Gasteiger partial charge in [-0.25, -0.2) is 8.42 Å². The minimum Gasteiger partial charge on any atom is -0.369 e. The molecule has 0 saturated carbocycles. The number of piperazine rings is 1. The van der Waals surface area contributed by atoms with Crippen LogP contribution in [0.3, 0.4) is 0 Å². The van der Waals surface area contributed by atoms with Crippen molar-refractivity contribution in [2.24, 2.45) is 13.0 Å². The summed E-state index contributed by atoms with van der Waals surface area (Å²) >= 11 is 0. The summed E-state index contributed by atoms with van der Waals surface area (Å²) < 4.78 is 26.1. The number of aromatic nitrogens is 2. The fourth-order valence-corrected chi connectivity index (χ4v) is 5.91. The van der Waals surface area contributed by atoms with Gasteiger partial charge < -0.3 is 9.47 Å². The average Bonchev–Trinajstić information content (AvgIpc) is 3.16. The lowest BCUT2D eigenvalue weighted by molar-refractivity contribution is 0.231. The molecule has 0 bridgehead atoms. The van der Waals surface area contributed by atoms with Gasteiger partial charge in [-0.05, 0) is 53.4 Å². The molecule has 3 heterocycles. The van der Waals surface area contributed by atoms with E-state index < -0.39 is 9.84 Å². The first-order valence-electron chi connectivity index (χ1n) is 12.5. The third-order valence-electron chi connectivity index (χ3n) is 7.03. The van der Waals surface area contributed by atoms with Crippen LogP contribution in [0.1, 0.15) is 13.8 Å². The van der Waals surface area contributed by atoms with Crippen LogP contribution in [0.5, 0.6) is 0 Å². The number of sulfone groups is 1. The first-order valence-corrected chi connectivity index (χ1v) is 14.4. The Kier molecular flexibility index (Phi) is 6.62. The van der Waals surface area contributed by atoms with Crippen molar-refractivity contribution >= 4 is 26.6 Å². The van der Waals surface area contributed by atoms with E-state index in [1.54, 1.807) is 12.1 Å². The van der Waals surface area contributed by atoms with Crippen LogP contribution in [0.2, 0.25) is 0 Å². The van der Waals surface area contributed by atoms with Gasteiger partial charge in [0.25, 0.3) is 0 Å². The van der Waals surface area contributed by atoms with Crippen molar-refractivity contribution in [3.05, 3.63) is 66.9 Å². The molecule has 36 heavy (non-hydrogen) atoms. The molecule has 0 atom stereocenters. The Bertz CT molecular complexity index is 1460. The minimum atomic E-state index is -3.25. The monoisotopic (exact) mass is 502 g/mol. The van der Waals surface area contributed by atoms with E-state index in [-0.39, 0.29) is 0 Å². The third-order valence-corrected chi connectivity index (χ3v) is 8.16. The summed E-state index contributed by atoms with van der Waals surface area (Å²) in [5.41, 5.74) is 7.38. The molecule has 1 fully saturated rings. The van der Waals surface area contributed by atoms with Gasteiger partial charge in [0.2, 0.25) is 0 Å². The second-order valence-corrected chi connectivity index (χ2v) is 12.2. The van der Waals surface area contributed by atoms with Crippen LogP contribution in [-0.4, -0.2) is 61.8 Å². The normalized spacial score (nSPS) is 15.2. The van der Waals surface area contributed by atoms with Gasteiger partial charge in [-0.15, -0.1) is 0 Å². The highest BCUT2D eigenvalue weighted by atomic mass is 32.2. The van der Waals surface area contributed by atoms with Crippen molar-refractivity contribution in [3.63, 3.8) is 0 Å². The van der Waals surface area contributed by atoms with E-state index in [1.807, 2.05) is 31.4 Å². The number of rotatable bonds is 6. The summed E-state index contributed by atoms with van der Waals surface area (Å²) in [4.78, 5) is 10.1. The third kappa shape index (κ3) is 4.77. The first kappa shape index (κ1) is 24.5. The lowest BCUT2D eigenvalue weighted by atomic mass is 10.00. The van der Waals surface area contributed by atoms with Crippen molar-refractivity contribution in [1.82, 2.24) is 14.5 Å². The summed E-state index contributed by atoms with van der Waals surface area (Å²) in [6, 6.07) is 20.0. The summed E-state index contributed by atoms with van der Waals surface area (Å²) in [6.07, 6.45) is 3.06. The minimum absolute atomic E-state index is 0.322. The van der Waals surface area contributed by atoms with Crippen molar-refractivity contribution in [2.75, 3.05) is 43.9 Å². The molecule has 6 nitrogen and oxygen atoms in total. The van der Waals surface area contributed by atoms with Gasteiger partial charge in [0.1, 0.15) is 0 Å². The quantitative estimate of drug-likeness (QED) is 0.368. The number of nitrogens with zero attached hydrogens (tertiary/aromatic N) is 4. The fraction of sp³-hybridized carbons (Fsp3) is 0.345. The first-order chi connectivity index (χ1) is 17.2. The van der Waals surface area contributed by atoms with Gasteiger partial charge in [0.15, 0.2) is 9.84 Å². The summed E-state index contributed by atoms with van der Waals surface area (Å²) in [5, 5.41) is 0. The van der Waals surface area contributed by atoms with Gasteiger partial charge in [0, 0.05) is 63.5 Å². The Morgan fingerprint density at radius 2 is 1.53 bits per heavy atom. The smallest absolute Gasteiger partial charge is 0.175 e. The SMILES string of the molecule is CC(C)CN1CCN(c2ccc(-c3c(-c4ccc(S(C)(=O)=O)cc4)n(C)c4cccnc34)cc2)CC1. The number of anilines is 1. The van der Waals surface area contributed by atoms with E-state index in [0.717, 1.165) is 66.1 Å². The Morgan fingerprint density at radius 1 is 0.889 bits per heavy atom. The summed E-state index contributed by atoms with van der Waals surface area (Å²) in [7, 11) is -1.21. The van der Waals surface area contributed by atoms with Gasteiger partial charge in [-0.3, -0.25) is 9.88 Å². The number of pyridine rings is 1. The van der Waals surface area contributed by atoms with Crippen LogP contribution in [0.25, 0.3) is 33.4 Å². The Balaban J connectivity index is 1.50. The second kappa shape index (κ2) is 9.71. The molecule has 2 aromatic heterocycles. The van der Waals surface area contributed by atoms with Crippen molar-refractivity contribution < 1.29 is 8.42 Å². The topological polar surface area (TPSA) is 58.4 Å².